The second kappa shape index (κ2) is 6.76. The fraction of sp³-hybridized carbons (Fsp3) is 0.500. The molecule has 0 atom stereocenters. The highest BCUT2D eigenvalue weighted by Crippen LogP contribution is 2.34. The number of halogens is 1. The van der Waals surface area contributed by atoms with Gasteiger partial charge in [0.15, 0.2) is 0 Å². The Kier molecular flexibility index (Phi) is 5.01. The zero-order chi connectivity index (χ0) is 15.4. The molecule has 0 unspecified atom stereocenters. The third kappa shape index (κ3) is 3.85. The molecule has 0 amide bonds. The fourth-order valence-electron chi connectivity index (χ4n) is 2.12. The highest BCUT2D eigenvalue weighted by atomic mass is 35.5. The number of pyridine rings is 1. The molecule has 0 spiro atoms. The third-order valence-electron chi connectivity index (χ3n) is 3.34. The van der Waals surface area contributed by atoms with Crippen LogP contribution in [-0.2, 0) is 14.3 Å². The number of methoxy groups -OCH3 is 2. The second-order valence-electron chi connectivity index (χ2n) is 4.77. The third-order valence-corrected chi connectivity index (χ3v) is 3.54. The van der Waals surface area contributed by atoms with E-state index >= 15 is 0 Å². The van der Waals surface area contributed by atoms with Gasteiger partial charge in [-0.2, -0.15) is 0 Å². The van der Waals surface area contributed by atoms with Crippen molar-refractivity contribution in [1.29, 1.82) is 0 Å². The molecule has 1 aromatic heterocycles. The zero-order valence-corrected chi connectivity index (χ0v) is 12.7. The first kappa shape index (κ1) is 15.6. The number of esters is 2. The average molecular weight is 313 g/mol. The Hall–Kier alpha value is -1.82. The van der Waals surface area contributed by atoms with Gasteiger partial charge in [0.05, 0.1) is 26.3 Å². The number of hydrogen-bond acceptors (Lipinski definition) is 6. The first-order valence-electron chi connectivity index (χ1n) is 6.64. The maximum Gasteiger partial charge on any atom is 0.341 e. The molecule has 21 heavy (non-hydrogen) atoms. The lowest BCUT2D eigenvalue weighted by Gasteiger charge is -2.26. The quantitative estimate of drug-likeness (QED) is 0.591. The molecule has 0 bridgehead atoms. The molecule has 0 radical (unpaired) electrons. The Labute approximate surface area is 128 Å². The van der Waals surface area contributed by atoms with Gasteiger partial charge in [-0.1, -0.05) is 11.6 Å². The van der Waals surface area contributed by atoms with E-state index in [1.54, 1.807) is 6.07 Å². The predicted molar refractivity (Wildman–Crippen MR) is 77.6 cm³/mol. The number of anilines is 1. The van der Waals surface area contributed by atoms with Crippen molar-refractivity contribution >= 4 is 29.2 Å². The van der Waals surface area contributed by atoms with Crippen molar-refractivity contribution in [3.63, 3.8) is 0 Å². The minimum Gasteiger partial charge on any atom is -0.469 e. The highest BCUT2D eigenvalue weighted by Gasteiger charge is 2.32. The lowest BCUT2D eigenvalue weighted by Crippen LogP contribution is -2.30. The number of nitrogens with zero attached hydrogens (tertiary/aromatic N) is 2. The maximum atomic E-state index is 11.9. The van der Waals surface area contributed by atoms with Gasteiger partial charge in [0.1, 0.15) is 10.7 Å². The van der Waals surface area contributed by atoms with Crippen molar-refractivity contribution < 1.29 is 19.1 Å². The second-order valence-corrected chi connectivity index (χ2v) is 5.15. The normalized spacial score (nSPS) is 13.7. The van der Waals surface area contributed by atoms with Crippen LogP contribution >= 0.6 is 11.6 Å². The van der Waals surface area contributed by atoms with E-state index < -0.39 is 5.97 Å². The van der Waals surface area contributed by atoms with Gasteiger partial charge in [0, 0.05) is 18.8 Å². The van der Waals surface area contributed by atoms with Crippen LogP contribution in [0.25, 0.3) is 0 Å². The van der Waals surface area contributed by atoms with Crippen LogP contribution in [0.1, 0.15) is 29.6 Å². The van der Waals surface area contributed by atoms with Gasteiger partial charge >= 0.3 is 11.9 Å². The Morgan fingerprint density at radius 1 is 1.38 bits per heavy atom. The largest absolute Gasteiger partial charge is 0.469 e. The topological polar surface area (TPSA) is 68.7 Å². The molecular formula is C14H17ClN2O4. The van der Waals surface area contributed by atoms with Crippen molar-refractivity contribution in [2.45, 2.75) is 25.3 Å². The molecule has 114 valence electrons. The Morgan fingerprint density at radius 2 is 2.10 bits per heavy atom. The van der Waals surface area contributed by atoms with E-state index in [1.807, 2.05) is 4.90 Å². The predicted octanol–water partition coefficient (Wildman–Crippen LogP) is 2.05. The summed E-state index contributed by atoms with van der Waals surface area (Å²) < 4.78 is 9.44. The summed E-state index contributed by atoms with van der Waals surface area (Å²) in [6.07, 6.45) is 3.67. The molecule has 0 saturated heterocycles. The number of carbonyl (C=O) groups excluding carboxylic acids is 2. The molecule has 0 aromatic carbocycles. The highest BCUT2D eigenvalue weighted by molar-refractivity contribution is 6.29. The number of carbonyl (C=O) groups is 2. The van der Waals surface area contributed by atoms with Crippen LogP contribution in [0.3, 0.4) is 0 Å². The van der Waals surface area contributed by atoms with E-state index in [9.17, 15) is 9.59 Å². The van der Waals surface area contributed by atoms with Crippen molar-refractivity contribution in [3.8, 4) is 0 Å². The minimum absolute atomic E-state index is 0.244. The molecule has 1 fully saturated rings. The van der Waals surface area contributed by atoms with Crippen molar-refractivity contribution in [2.75, 3.05) is 25.7 Å². The molecule has 1 heterocycles. The first-order valence-corrected chi connectivity index (χ1v) is 7.02. The SMILES string of the molecule is COC(=O)CCN(c1cc(Cl)ncc1C(=O)OC)C1CC1. The summed E-state index contributed by atoms with van der Waals surface area (Å²) in [7, 11) is 2.67. The molecule has 2 rings (SSSR count). The van der Waals surface area contributed by atoms with E-state index in [4.69, 9.17) is 16.3 Å². The smallest absolute Gasteiger partial charge is 0.341 e. The van der Waals surface area contributed by atoms with Gasteiger partial charge in [-0.15, -0.1) is 0 Å². The number of ether oxygens (including phenoxy) is 2. The van der Waals surface area contributed by atoms with Crippen molar-refractivity contribution in [2.24, 2.45) is 0 Å². The molecule has 7 heteroatoms. The summed E-state index contributed by atoms with van der Waals surface area (Å²) in [5.74, 6) is -0.765. The number of hydrogen-bond donors (Lipinski definition) is 0. The van der Waals surface area contributed by atoms with E-state index in [0.29, 0.717) is 29.0 Å². The van der Waals surface area contributed by atoms with E-state index in [2.05, 4.69) is 9.72 Å². The Bertz CT molecular complexity index is 546. The van der Waals surface area contributed by atoms with E-state index in [1.165, 1.54) is 20.4 Å². The summed E-state index contributed by atoms with van der Waals surface area (Å²) in [4.78, 5) is 29.1. The lowest BCUT2D eigenvalue weighted by molar-refractivity contribution is -0.140. The van der Waals surface area contributed by atoms with Crippen LogP contribution in [0.15, 0.2) is 12.3 Å². The minimum atomic E-state index is -0.474. The van der Waals surface area contributed by atoms with Crippen molar-refractivity contribution in [3.05, 3.63) is 23.0 Å². The van der Waals surface area contributed by atoms with E-state index in [0.717, 1.165) is 12.8 Å². The maximum absolute atomic E-state index is 11.9. The summed E-state index contributed by atoms with van der Waals surface area (Å²) >= 11 is 5.94. The molecule has 1 aromatic rings. The summed E-state index contributed by atoms with van der Waals surface area (Å²) in [5, 5.41) is 0.293. The van der Waals surface area contributed by atoms with Gasteiger partial charge in [-0.05, 0) is 18.9 Å². The monoisotopic (exact) mass is 312 g/mol. The summed E-state index contributed by atoms with van der Waals surface area (Å²) in [6, 6.07) is 1.93. The molecule has 1 aliphatic carbocycles. The molecule has 6 nitrogen and oxygen atoms in total. The average Bonchev–Trinajstić information content (AvgIpc) is 3.31. The first-order chi connectivity index (χ1) is 10.1. The van der Waals surface area contributed by atoms with Crippen LogP contribution in [-0.4, -0.2) is 43.7 Å². The molecule has 1 saturated carbocycles. The summed E-state index contributed by atoms with van der Waals surface area (Å²) in [5.41, 5.74) is 0.993. The molecule has 0 aliphatic heterocycles. The Morgan fingerprint density at radius 3 is 2.67 bits per heavy atom. The van der Waals surface area contributed by atoms with Crippen LogP contribution in [0.4, 0.5) is 5.69 Å². The lowest BCUT2D eigenvalue weighted by atomic mass is 10.2. The van der Waals surface area contributed by atoms with Gasteiger partial charge in [-0.3, -0.25) is 4.79 Å². The molecule has 0 N–H and O–H groups in total. The van der Waals surface area contributed by atoms with Crippen LogP contribution < -0.4 is 4.90 Å². The van der Waals surface area contributed by atoms with Gasteiger partial charge in [0.25, 0.3) is 0 Å². The van der Waals surface area contributed by atoms with E-state index in [-0.39, 0.29) is 12.4 Å². The molecular weight excluding hydrogens is 296 g/mol. The van der Waals surface area contributed by atoms with Crippen LogP contribution in [0.5, 0.6) is 0 Å². The van der Waals surface area contributed by atoms with Gasteiger partial charge < -0.3 is 14.4 Å². The Balaban J connectivity index is 2.28. The summed E-state index contributed by atoms with van der Waals surface area (Å²) in [6.45, 7) is 0.460. The van der Waals surface area contributed by atoms with Gasteiger partial charge in [0.2, 0.25) is 0 Å². The van der Waals surface area contributed by atoms with Crippen LogP contribution in [0.2, 0.25) is 5.15 Å². The van der Waals surface area contributed by atoms with Crippen molar-refractivity contribution in [1.82, 2.24) is 4.98 Å². The van der Waals surface area contributed by atoms with Gasteiger partial charge in [-0.25, -0.2) is 9.78 Å². The molecule has 1 aliphatic rings. The standard InChI is InChI=1S/C14H17ClN2O4/c1-20-13(18)5-6-17(9-3-4-9)11-7-12(15)16-8-10(11)14(19)21-2/h7-9H,3-6H2,1-2H3. The number of aromatic nitrogens is 1. The fourth-order valence-corrected chi connectivity index (χ4v) is 2.28. The van der Waals surface area contributed by atoms with Crippen LogP contribution in [0, 0.1) is 0 Å². The zero-order valence-electron chi connectivity index (χ0n) is 12.0. The number of rotatable bonds is 6.